The summed E-state index contributed by atoms with van der Waals surface area (Å²) in [6.45, 7) is 4.84. The van der Waals surface area contributed by atoms with Gasteiger partial charge in [0.1, 0.15) is 56.6 Å². The third-order valence-corrected chi connectivity index (χ3v) is 5.52. The fourth-order valence-electron chi connectivity index (χ4n) is 3.30. The van der Waals surface area contributed by atoms with Gasteiger partial charge in [-0.2, -0.15) is 0 Å². The molecule has 8 heteroatoms. The van der Waals surface area contributed by atoms with Crippen LogP contribution in [0.5, 0.6) is 23.0 Å². The van der Waals surface area contributed by atoms with Crippen molar-refractivity contribution < 1.29 is 37.9 Å². The van der Waals surface area contributed by atoms with Crippen molar-refractivity contribution in [3.63, 3.8) is 0 Å². The molecule has 6 rings (SSSR count). The molecular formula is C24H26O8. The highest BCUT2D eigenvalue weighted by Crippen LogP contribution is 2.46. The van der Waals surface area contributed by atoms with E-state index in [4.69, 9.17) is 37.9 Å². The Morgan fingerprint density at radius 2 is 1.19 bits per heavy atom. The Morgan fingerprint density at radius 3 is 1.81 bits per heavy atom. The minimum atomic E-state index is 0.110. The fourth-order valence-corrected chi connectivity index (χ4v) is 3.30. The lowest BCUT2D eigenvalue weighted by Gasteiger charge is -2.20. The number of hydrogen-bond acceptors (Lipinski definition) is 8. The van der Waals surface area contributed by atoms with Gasteiger partial charge in [0.05, 0.1) is 26.4 Å². The van der Waals surface area contributed by atoms with Gasteiger partial charge in [-0.1, -0.05) is 12.1 Å². The summed E-state index contributed by atoms with van der Waals surface area (Å²) in [5.41, 5.74) is 1.87. The molecule has 0 amide bonds. The van der Waals surface area contributed by atoms with E-state index in [2.05, 4.69) is 0 Å². The average molecular weight is 442 g/mol. The first kappa shape index (κ1) is 20.1. The molecule has 32 heavy (non-hydrogen) atoms. The average Bonchev–Trinajstić information content (AvgIpc) is 3.65. The van der Waals surface area contributed by atoms with Crippen LogP contribution in [-0.2, 0) is 18.9 Å². The van der Waals surface area contributed by atoms with Gasteiger partial charge in [0, 0.05) is 5.56 Å². The molecule has 0 radical (unpaired) electrons. The molecule has 4 aliphatic heterocycles. The Bertz CT molecular complexity index is 947. The minimum Gasteiger partial charge on any atom is -0.491 e. The number of rotatable bonds is 13. The van der Waals surface area contributed by atoms with Crippen LogP contribution in [0, 0.1) is 0 Å². The zero-order valence-corrected chi connectivity index (χ0v) is 17.7. The predicted molar refractivity (Wildman–Crippen MR) is 113 cm³/mol. The van der Waals surface area contributed by atoms with Gasteiger partial charge >= 0.3 is 0 Å². The second kappa shape index (κ2) is 8.78. The SMILES string of the molecule is c1cc(OCC2CO2)cc(-c2ccc(OCC3CO3)c(OCC3CO3)c2OCC2CO2)c1. The van der Waals surface area contributed by atoms with E-state index in [0.29, 0.717) is 56.9 Å². The van der Waals surface area contributed by atoms with Crippen LogP contribution in [0.2, 0.25) is 0 Å². The predicted octanol–water partition coefficient (Wildman–Crippen LogP) is 2.46. The third kappa shape index (κ3) is 5.27. The molecule has 0 aromatic heterocycles. The highest BCUT2D eigenvalue weighted by molar-refractivity contribution is 5.77. The van der Waals surface area contributed by atoms with Crippen molar-refractivity contribution in [2.45, 2.75) is 24.4 Å². The first-order valence-corrected chi connectivity index (χ1v) is 11.1. The molecule has 0 spiro atoms. The minimum absolute atomic E-state index is 0.110. The summed E-state index contributed by atoms with van der Waals surface area (Å²) < 4.78 is 45.5. The quantitative estimate of drug-likeness (QED) is 0.437. The summed E-state index contributed by atoms with van der Waals surface area (Å²) in [6.07, 6.45) is 0.565. The van der Waals surface area contributed by atoms with Crippen LogP contribution in [0.15, 0.2) is 36.4 Å². The van der Waals surface area contributed by atoms with Crippen LogP contribution in [0.3, 0.4) is 0 Å². The van der Waals surface area contributed by atoms with Crippen molar-refractivity contribution in [3.05, 3.63) is 36.4 Å². The lowest BCUT2D eigenvalue weighted by molar-refractivity contribution is 0.209. The zero-order valence-electron chi connectivity index (χ0n) is 17.7. The van der Waals surface area contributed by atoms with E-state index < -0.39 is 0 Å². The summed E-state index contributed by atoms with van der Waals surface area (Å²) >= 11 is 0. The lowest BCUT2D eigenvalue weighted by atomic mass is 10.0. The van der Waals surface area contributed by atoms with E-state index in [9.17, 15) is 0 Å². The van der Waals surface area contributed by atoms with Crippen LogP contribution < -0.4 is 18.9 Å². The Balaban J connectivity index is 1.31. The van der Waals surface area contributed by atoms with E-state index in [1.165, 1.54) is 0 Å². The van der Waals surface area contributed by atoms with Crippen molar-refractivity contribution >= 4 is 0 Å². The summed E-state index contributed by atoms with van der Waals surface area (Å²) in [4.78, 5) is 0. The normalized spacial score (nSPS) is 26.9. The van der Waals surface area contributed by atoms with Gasteiger partial charge in [-0.05, 0) is 29.8 Å². The first-order chi connectivity index (χ1) is 15.8. The molecule has 4 unspecified atom stereocenters. The zero-order chi connectivity index (χ0) is 21.3. The molecule has 2 aromatic rings. The number of epoxide rings is 4. The largest absolute Gasteiger partial charge is 0.491 e. The van der Waals surface area contributed by atoms with Crippen molar-refractivity contribution in [2.24, 2.45) is 0 Å². The first-order valence-electron chi connectivity index (χ1n) is 11.1. The molecule has 0 N–H and O–H groups in total. The molecule has 4 fully saturated rings. The molecule has 4 saturated heterocycles. The van der Waals surface area contributed by atoms with E-state index in [1.54, 1.807) is 0 Å². The molecule has 0 bridgehead atoms. The number of benzene rings is 2. The second-order valence-corrected chi connectivity index (χ2v) is 8.36. The van der Waals surface area contributed by atoms with Crippen molar-refractivity contribution in [2.75, 3.05) is 52.9 Å². The fraction of sp³-hybridized carbons (Fsp3) is 0.500. The van der Waals surface area contributed by atoms with Gasteiger partial charge in [0.2, 0.25) is 5.75 Å². The van der Waals surface area contributed by atoms with Crippen LogP contribution in [0.1, 0.15) is 0 Å². The monoisotopic (exact) mass is 442 g/mol. The smallest absolute Gasteiger partial charge is 0.204 e. The Labute approximate surface area is 186 Å². The maximum absolute atomic E-state index is 6.25. The highest BCUT2D eigenvalue weighted by Gasteiger charge is 2.30. The van der Waals surface area contributed by atoms with Crippen LogP contribution >= 0.6 is 0 Å². The maximum atomic E-state index is 6.25. The van der Waals surface area contributed by atoms with Crippen molar-refractivity contribution in [1.82, 2.24) is 0 Å². The van der Waals surface area contributed by atoms with Crippen LogP contribution in [0.4, 0.5) is 0 Å². The summed E-state index contributed by atoms with van der Waals surface area (Å²) in [7, 11) is 0. The Kier molecular flexibility index (Phi) is 5.52. The van der Waals surface area contributed by atoms with Crippen molar-refractivity contribution in [1.29, 1.82) is 0 Å². The molecule has 0 aliphatic carbocycles. The van der Waals surface area contributed by atoms with Crippen LogP contribution in [-0.4, -0.2) is 77.3 Å². The molecule has 8 nitrogen and oxygen atoms in total. The summed E-state index contributed by atoms with van der Waals surface area (Å²) in [5, 5.41) is 0. The standard InChI is InChI=1S/C24H26O8/c1-2-15(6-16(3-1)25-7-17-8-26-17)21-4-5-22(30-12-18-9-27-18)24(32-14-20-11-29-20)23(21)31-13-19-10-28-19/h1-6,17-20H,7-14H2. The topological polar surface area (TPSA) is 87.0 Å². The highest BCUT2D eigenvalue weighted by atomic mass is 16.6. The second-order valence-electron chi connectivity index (χ2n) is 8.36. The van der Waals surface area contributed by atoms with Crippen LogP contribution in [0.25, 0.3) is 11.1 Å². The molecule has 2 aromatic carbocycles. The van der Waals surface area contributed by atoms with E-state index in [1.807, 2.05) is 36.4 Å². The molecular weight excluding hydrogens is 416 g/mol. The number of hydrogen-bond donors (Lipinski definition) is 0. The number of ether oxygens (including phenoxy) is 8. The van der Waals surface area contributed by atoms with Gasteiger partial charge in [-0.25, -0.2) is 0 Å². The van der Waals surface area contributed by atoms with Gasteiger partial charge < -0.3 is 37.9 Å². The molecule has 0 saturated carbocycles. The van der Waals surface area contributed by atoms with E-state index >= 15 is 0 Å². The summed E-state index contributed by atoms with van der Waals surface area (Å²) in [6, 6.07) is 11.9. The van der Waals surface area contributed by atoms with Crippen molar-refractivity contribution in [3.8, 4) is 34.1 Å². The van der Waals surface area contributed by atoms with Gasteiger partial charge in [-0.3, -0.25) is 0 Å². The molecule has 4 atom stereocenters. The maximum Gasteiger partial charge on any atom is 0.204 e. The Morgan fingerprint density at radius 1 is 0.625 bits per heavy atom. The third-order valence-electron chi connectivity index (χ3n) is 5.52. The molecule has 170 valence electrons. The van der Waals surface area contributed by atoms with Gasteiger partial charge in [0.15, 0.2) is 11.5 Å². The molecule has 4 heterocycles. The lowest BCUT2D eigenvalue weighted by Crippen LogP contribution is -2.12. The molecule has 4 aliphatic rings. The Hall–Kier alpha value is -2.52. The van der Waals surface area contributed by atoms with Gasteiger partial charge in [0.25, 0.3) is 0 Å². The summed E-state index contributed by atoms with van der Waals surface area (Å²) in [5.74, 6) is 2.64. The van der Waals surface area contributed by atoms with Gasteiger partial charge in [-0.15, -0.1) is 0 Å². The van der Waals surface area contributed by atoms with E-state index in [0.717, 1.165) is 30.1 Å². The van der Waals surface area contributed by atoms with E-state index in [-0.39, 0.29) is 24.4 Å².